The van der Waals surface area contributed by atoms with Crippen LogP contribution in [0.4, 0.5) is 4.39 Å². The van der Waals surface area contributed by atoms with E-state index >= 15 is 0 Å². The van der Waals surface area contributed by atoms with Gasteiger partial charge in [-0.2, -0.15) is 5.26 Å². The molecule has 1 fully saturated rings. The number of piperidine rings is 1. The molecule has 0 aliphatic carbocycles. The van der Waals surface area contributed by atoms with E-state index < -0.39 is 18.2 Å². The Morgan fingerprint density at radius 1 is 1.69 bits per heavy atom. The average molecular weight is 186 g/mol. The van der Waals surface area contributed by atoms with Crippen LogP contribution in [0.2, 0.25) is 0 Å². The van der Waals surface area contributed by atoms with Crippen molar-refractivity contribution in [1.82, 2.24) is 5.32 Å². The predicted molar refractivity (Wildman–Crippen MR) is 46.7 cm³/mol. The van der Waals surface area contributed by atoms with Crippen LogP contribution in [-0.4, -0.2) is 31.0 Å². The average Bonchev–Trinajstić information content (AvgIpc) is 2.19. The summed E-state index contributed by atoms with van der Waals surface area (Å²) in [5.41, 5.74) is -0.552. The third kappa shape index (κ3) is 2.64. The summed E-state index contributed by atoms with van der Waals surface area (Å²) < 4.78 is 12.1. The van der Waals surface area contributed by atoms with Gasteiger partial charge in [0.15, 0.2) is 0 Å². The molecular formula is C9H15FN2O. The smallest absolute Gasteiger partial charge is 0.115 e. The number of rotatable bonds is 3. The molecule has 1 saturated heterocycles. The summed E-state index contributed by atoms with van der Waals surface area (Å²) in [5, 5.41) is 21.2. The Morgan fingerprint density at radius 2 is 2.46 bits per heavy atom. The maximum Gasteiger partial charge on any atom is 0.115 e. The van der Waals surface area contributed by atoms with Crippen LogP contribution in [0.3, 0.4) is 0 Å². The SMILES string of the molecule is N#CC1(CC(O)CF)CCCNC1. The topological polar surface area (TPSA) is 56.0 Å². The number of hydrogen-bond donors (Lipinski definition) is 2. The Kier molecular flexibility index (Phi) is 3.64. The van der Waals surface area contributed by atoms with E-state index in [0.29, 0.717) is 6.54 Å². The zero-order chi connectivity index (χ0) is 9.73. The number of aliphatic hydroxyl groups excluding tert-OH is 1. The number of aliphatic hydroxyl groups is 1. The van der Waals surface area contributed by atoms with E-state index in [2.05, 4.69) is 11.4 Å². The van der Waals surface area contributed by atoms with Crippen LogP contribution in [-0.2, 0) is 0 Å². The van der Waals surface area contributed by atoms with E-state index in [0.717, 1.165) is 19.4 Å². The zero-order valence-corrected chi connectivity index (χ0v) is 7.59. The number of nitrogens with one attached hydrogen (secondary N) is 1. The third-order valence-corrected chi connectivity index (χ3v) is 2.51. The van der Waals surface area contributed by atoms with Crippen molar-refractivity contribution in [3.63, 3.8) is 0 Å². The van der Waals surface area contributed by atoms with Crippen LogP contribution in [0.15, 0.2) is 0 Å². The van der Waals surface area contributed by atoms with Gasteiger partial charge in [-0.25, -0.2) is 4.39 Å². The van der Waals surface area contributed by atoms with Crippen molar-refractivity contribution in [3.05, 3.63) is 0 Å². The largest absolute Gasteiger partial charge is 0.390 e. The molecule has 13 heavy (non-hydrogen) atoms. The summed E-state index contributed by atoms with van der Waals surface area (Å²) in [4.78, 5) is 0. The number of nitrogens with zero attached hydrogens (tertiary/aromatic N) is 1. The van der Waals surface area contributed by atoms with Gasteiger partial charge in [0.05, 0.1) is 17.6 Å². The fourth-order valence-electron chi connectivity index (χ4n) is 1.79. The summed E-state index contributed by atoms with van der Waals surface area (Å²) in [6.45, 7) is 0.721. The molecule has 0 saturated carbocycles. The van der Waals surface area contributed by atoms with E-state index in [4.69, 9.17) is 10.4 Å². The van der Waals surface area contributed by atoms with Crippen LogP contribution in [0.5, 0.6) is 0 Å². The number of halogens is 1. The lowest BCUT2D eigenvalue weighted by molar-refractivity contribution is 0.0851. The lowest BCUT2D eigenvalue weighted by Crippen LogP contribution is -2.41. The molecule has 1 aliphatic heterocycles. The molecule has 0 aromatic rings. The lowest BCUT2D eigenvalue weighted by Gasteiger charge is -2.32. The molecule has 1 heterocycles. The second-order valence-corrected chi connectivity index (χ2v) is 3.68. The van der Waals surface area contributed by atoms with Gasteiger partial charge in [-0.05, 0) is 25.8 Å². The fraction of sp³-hybridized carbons (Fsp3) is 0.889. The molecule has 2 atom stereocenters. The molecule has 0 aromatic heterocycles. The summed E-state index contributed by atoms with van der Waals surface area (Å²) in [7, 11) is 0. The molecule has 1 rings (SSSR count). The fourth-order valence-corrected chi connectivity index (χ4v) is 1.79. The highest BCUT2D eigenvalue weighted by molar-refractivity contribution is 5.03. The maximum atomic E-state index is 12.1. The molecule has 0 radical (unpaired) electrons. The van der Waals surface area contributed by atoms with Gasteiger partial charge in [-0.3, -0.25) is 0 Å². The van der Waals surface area contributed by atoms with Gasteiger partial charge in [0.25, 0.3) is 0 Å². The Labute approximate surface area is 77.6 Å². The lowest BCUT2D eigenvalue weighted by atomic mass is 9.78. The molecule has 0 bridgehead atoms. The normalized spacial score (nSPS) is 30.8. The third-order valence-electron chi connectivity index (χ3n) is 2.51. The summed E-state index contributed by atoms with van der Waals surface area (Å²) in [6, 6.07) is 2.19. The van der Waals surface area contributed by atoms with Crippen molar-refractivity contribution in [3.8, 4) is 6.07 Å². The number of nitriles is 1. The van der Waals surface area contributed by atoms with Crippen LogP contribution in [0.1, 0.15) is 19.3 Å². The molecule has 2 unspecified atom stereocenters. The first-order chi connectivity index (χ1) is 6.22. The van der Waals surface area contributed by atoms with Crippen LogP contribution >= 0.6 is 0 Å². The molecule has 0 amide bonds. The van der Waals surface area contributed by atoms with E-state index in [1.54, 1.807) is 0 Å². The quantitative estimate of drug-likeness (QED) is 0.678. The molecule has 1 aliphatic rings. The molecule has 0 spiro atoms. The molecule has 2 N–H and O–H groups in total. The monoisotopic (exact) mass is 186 g/mol. The molecule has 4 heteroatoms. The highest BCUT2D eigenvalue weighted by Crippen LogP contribution is 2.30. The van der Waals surface area contributed by atoms with E-state index in [-0.39, 0.29) is 6.42 Å². The van der Waals surface area contributed by atoms with Gasteiger partial charge in [0.1, 0.15) is 6.67 Å². The molecule has 74 valence electrons. The Balaban J connectivity index is 2.53. The predicted octanol–water partition coefficient (Wildman–Crippen LogP) is 0.600. The van der Waals surface area contributed by atoms with Crippen LogP contribution in [0, 0.1) is 16.7 Å². The minimum absolute atomic E-state index is 0.243. The van der Waals surface area contributed by atoms with Crippen molar-refractivity contribution in [2.24, 2.45) is 5.41 Å². The van der Waals surface area contributed by atoms with Crippen LogP contribution < -0.4 is 5.32 Å². The standard InChI is InChI=1S/C9H15FN2O/c10-5-8(13)4-9(6-11)2-1-3-12-7-9/h8,12-13H,1-5,7H2. The van der Waals surface area contributed by atoms with Gasteiger partial charge in [-0.1, -0.05) is 0 Å². The van der Waals surface area contributed by atoms with E-state index in [1.165, 1.54) is 0 Å². The Morgan fingerprint density at radius 3 is 2.92 bits per heavy atom. The van der Waals surface area contributed by atoms with E-state index in [9.17, 15) is 4.39 Å². The first kappa shape index (κ1) is 10.4. The van der Waals surface area contributed by atoms with Gasteiger partial charge >= 0.3 is 0 Å². The van der Waals surface area contributed by atoms with Crippen LogP contribution in [0.25, 0.3) is 0 Å². The van der Waals surface area contributed by atoms with Crippen molar-refractivity contribution >= 4 is 0 Å². The van der Waals surface area contributed by atoms with Crippen molar-refractivity contribution in [2.45, 2.75) is 25.4 Å². The van der Waals surface area contributed by atoms with Gasteiger partial charge in [0, 0.05) is 6.54 Å². The second-order valence-electron chi connectivity index (χ2n) is 3.68. The summed E-state index contributed by atoms with van der Waals surface area (Å²) in [6.07, 6.45) is 0.937. The van der Waals surface area contributed by atoms with E-state index in [1.807, 2.05) is 0 Å². The number of hydrogen-bond acceptors (Lipinski definition) is 3. The first-order valence-electron chi connectivity index (χ1n) is 4.58. The number of alkyl halides is 1. The highest BCUT2D eigenvalue weighted by Gasteiger charge is 2.34. The Hall–Kier alpha value is -0.660. The molecule has 0 aromatic carbocycles. The first-order valence-corrected chi connectivity index (χ1v) is 4.58. The summed E-state index contributed by atoms with van der Waals surface area (Å²) >= 11 is 0. The van der Waals surface area contributed by atoms with Crippen molar-refractivity contribution < 1.29 is 9.50 Å². The van der Waals surface area contributed by atoms with Crippen molar-refractivity contribution in [1.29, 1.82) is 5.26 Å². The Bertz CT molecular complexity index is 196. The molecule has 3 nitrogen and oxygen atoms in total. The second kappa shape index (κ2) is 4.54. The van der Waals surface area contributed by atoms with Gasteiger partial charge in [0.2, 0.25) is 0 Å². The van der Waals surface area contributed by atoms with Gasteiger partial charge in [-0.15, -0.1) is 0 Å². The summed E-state index contributed by atoms with van der Waals surface area (Å²) in [5.74, 6) is 0. The maximum absolute atomic E-state index is 12.1. The minimum Gasteiger partial charge on any atom is -0.390 e. The highest BCUT2D eigenvalue weighted by atomic mass is 19.1. The zero-order valence-electron chi connectivity index (χ0n) is 7.59. The minimum atomic E-state index is -0.987. The molecular weight excluding hydrogens is 171 g/mol. The van der Waals surface area contributed by atoms with Gasteiger partial charge < -0.3 is 10.4 Å². The van der Waals surface area contributed by atoms with Crippen molar-refractivity contribution in [2.75, 3.05) is 19.8 Å².